The summed E-state index contributed by atoms with van der Waals surface area (Å²) >= 11 is 0. The van der Waals surface area contributed by atoms with Gasteiger partial charge in [-0.05, 0) is 80.5 Å². The van der Waals surface area contributed by atoms with E-state index in [1.54, 1.807) is 13.3 Å². The standard InChI is InChI=1S/C27H42N4O3/c1-18(32)34-25-24(31-17-28-16-29-31)15-23-21-5-4-19-14-20(30-10-12-33-13-11-30)6-8-26(19,2)22(21)7-9-27(23,25)3/h16-17,19-25H,4-15H2,1-3H3/t19?,20-,21?,22?,23?,24-,25-,26-,27-/m0/s1. The number of rotatable bonds is 3. The van der Waals surface area contributed by atoms with Crippen LogP contribution in [0.15, 0.2) is 12.7 Å². The van der Waals surface area contributed by atoms with E-state index in [0.29, 0.717) is 11.3 Å². The second-order valence-corrected chi connectivity index (χ2v) is 12.5. The zero-order chi connectivity index (χ0) is 23.5. The van der Waals surface area contributed by atoms with Crippen LogP contribution in [0.25, 0.3) is 0 Å². The molecule has 1 saturated heterocycles. The molecule has 9 atom stereocenters. The maximum Gasteiger partial charge on any atom is 0.302 e. The summed E-state index contributed by atoms with van der Waals surface area (Å²) in [6.45, 7) is 10.6. The number of carbonyl (C=O) groups excluding carboxylic acids is 1. The second-order valence-electron chi connectivity index (χ2n) is 12.5. The van der Waals surface area contributed by atoms with Crippen LogP contribution in [0.1, 0.15) is 78.2 Å². The van der Waals surface area contributed by atoms with Crippen molar-refractivity contribution in [3.8, 4) is 0 Å². The summed E-state index contributed by atoms with van der Waals surface area (Å²) in [5.41, 5.74) is 0.479. The zero-order valence-electron chi connectivity index (χ0n) is 21.2. The molecule has 0 bridgehead atoms. The Morgan fingerprint density at radius 2 is 1.82 bits per heavy atom. The molecule has 5 fully saturated rings. The smallest absolute Gasteiger partial charge is 0.302 e. The van der Waals surface area contributed by atoms with E-state index >= 15 is 0 Å². The normalized spacial score (nSPS) is 46.9. The third-order valence-electron chi connectivity index (χ3n) is 11.2. The number of fused-ring (bicyclic) bond motifs is 5. The van der Waals surface area contributed by atoms with Crippen LogP contribution in [0.5, 0.6) is 0 Å². The van der Waals surface area contributed by atoms with E-state index in [1.807, 2.05) is 11.0 Å². The Balaban J connectivity index is 1.24. The van der Waals surface area contributed by atoms with Crippen LogP contribution in [-0.4, -0.2) is 64.1 Å². The molecular weight excluding hydrogens is 428 g/mol. The first-order chi connectivity index (χ1) is 16.4. The highest BCUT2D eigenvalue weighted by molar-refractivity contribution is 5.66. The van der Waals surface area contributed by atoms with Crippen molar-refractivity contribution in [3.05, 3.63) is 12.7 Å². The van der Waals surface area contributed by atoms with Crippen molar-refractivity contribution in [2.45, 2.75) is 90.3 Å². The van der Waals surface area contributed by atoms with Crippen molar-refractivity contribution in [1.82, 2.24) is 19.7 Å². The molecule has 188 valence electrons. The van der Waals surface area contributed by atoms with Crippen molar-refractivity contribution in [1.29, 1.82) is 0 Å². The van der Waals surface area contributed by atoms with Gasteiger partial charge in [-0.1, -0.05) is 13.8 Å². The van der Waals surface area contributed by atoms with Gasteiger partial charge in [0.2, 0.25) is 0 Å². The quantitative estimate of drug-likeness (QED) is 0.620. The fraction of sp³-hybridized carbons (Fsp3) is 0.889. The van der Waals surface area contributed by atoms with Crippen molar-refractivity contribution < 1.29 is 14.3 Å². The molecule has 4 saturated carbocycles. The van der Waals surface area contributed by atoms with Gasteiger partial charge < -0.3 is 9.47 Å². The number of nitrogens with zero attached hydrogens (tertiary/aromatic N) is 4. The molecule has 0 aromatic carbocycles. The zero-order valence-corrected chi connectivity index (χ0v) is 21.2. The van der Waals surface area contributed by atoms with Crippen LogP contribution in [0.4, 0.5) is 0 Å². The lowest BCUT2D eigenvalue weighted by Gasteiger charge is -2.61. The van der Waals surface area contributed by atoms with E-state index in [4.69, 9.17) is 9.47 Å². The largest absolute Gasteiger partial charge is 0.460 e. The summed E-state index contributed by atoms with van der Waals surface area (Å²) in [5.74, 6) is 2.78. The number of morpholine rings is 1. The molecule has 4 aliphatic carbocycles. The molecule has 1 aromatic heterocycles. The van der Waals surface area contributed by atoms with Crippen molar-refractivity contribution in [2.24, 2.45) is 34.5 Å². The molecular formula is C27H42N4O3. The lowest BCUT2D eigenvalue weighted by atomic mass is 9.45. The van der Waals surface area contributed by atoms with Gasteiger partial charge in [0.25, 0.3) is 0 Å². The van der Waals surface area contributed by atoms with Gasteiger partial charge in [-0.25, -0.2) is 9.67 Å². The molecule has 5 aliphatic rings. The van der Waals surface area contributed by atoms with Gasteiger partial charge in [-0.15, -0.1) is 0 Å². The molecule has 0 spiro atoms. The van der Waals surface area contributed by atoms with Gasteiger partial charge >= 0.3 is 5.97 Å². The molecule has 1 aromatic rings. The van der Waals surface area contributed by atoms with Crippen molar-refractivity contribution >= 4 is 5.97 Å². The maximum atomic E-state index is 12.1. The second kappa shape index (κ2) is 8.58. The van der Waals surface area contributed by atoms with E-state index in [9.17, 15) is 4.79 Å². The molecule has 0 N–H and O–H groups in total. The summed E-state index contributed by atoms with van der Waals surface area (Å²) in [6, 6.07) is 0.853. The average Bonchev–Trinajstić information content (AvgIpc) is 3.45. The Kier molecular flexibility index (Phi) is 5.79. The van der Waals surface area contributed by atoms with Crippen LogP contribution in [-0.2, 0) is 14.3 Å². The highest BCUT2D eigenvalue weighted by atomic mass is 16.5. The molecule has 6 rings (SSSR count). The van der Waals surface area contributed by atoms with Gasteiger partial charge in [0.15, 0.2) is 0 Å². The molecule has 7 nitrogen and oxygen atoms in total. The monoisotopic (exact) mass is 470 g/mol. The number of hydrogen-bond donors (Lipinski definition) is 0. The van der Waals surface area contributed by atoms with Crippen LogP contribution >= 0.6 is 0 Å². The molecule has 4 unspecified atom stereocenters. The third-order valence-corrected chi connectivity index (χ3v) is 11.2. The first-order valence-electron chi connectivity index (χ1n) is 13.7. The van der Waals surface area contributed by atoms with Gasteiger partial charge in [-0.2, -0.15) is 5.10 Å². The summed E-state index contributed by atoms with van der Waals surface area (Å²) in [4.78, 5) is 19.1. The molecule has 34 heavy (non-hydrogen) atoms. The molecule has 1 aliphatic heterocycles. The Bertz CT molecular complexity index is 886. The SMILES string of the molecule is CC(=O)O[C@H]1[C@@H](n2cncn2)CC2C3CCC4C[C@@H](N5CCOCC5)CC[C@]4(C)C3CC[C@@]21C. The first kappa shape index (κ1) is 23.0. The van der Waals surface area contributed by atoms with Gasteiger partial charge in [0, 0.05) is 31.5 Å². The van der Waals surface area contributed by atoms with E-state index in [-0.39, 0.29) is 23.5 Å². The summed E-state index contributed by atoms with van der Waals surface area (Å²) in [7, 11) is 0. The fourth-order valence-electron chi connectivity index (χ4n) is 9.51. The molecule has 0 radical (unpaired) electrons. The van der Waals surface area contributed by atoms with Gasteiger partial charge in [-0.3, -0.25) is 9.69 Å². The molecule has 2 heterocycles. The highest BCUT2D eigenvalue weighted by Crippen LogP contribution is 2.68. The van der Waals surface area contributed by atoms with Crippen molar-refractivity contribution in [3.63, 3.8) is 0 Å². The van der Waals surface area contributed by atoms with Crippen molar-refractivity contribution in [2.75, 3.05) is 26.3 Å². The van der Waals surface area contributed by atoms with Crippen LogP contribution in [0.2, 0.25) is 0 Å². The first-order valence-corrected chi connectivity index (χ1v) is 13.7. The van der Waals surface area contributed by atoms with E-state index in [1.165, 1.54) is 38.5 Å². The Hall–Kier alpha value is -1.47. The predicted molar refractivity (Wildman–Crippen MR) is 128 cm³/mol. The van der Waals surface area contributed by atoms with Gasteiger partial charge in [0.05, 0.1) is 19.3 Å². The minimum Gasteiger partial charge on any atom is -0.460 e. The lowest BCUT2D eigenvalue weighted by Crippen LogP contribution is -2.56. The number of aromatic nitrogens is 3. The Morgan fingerprint density at radius 3 is 2.56 bits per heavy atom. The highest BCUT2D eigenvalue weighted by Gasteiger charge is 2.64. The predicted octanol–water partition coefficient (Wildman–Crippen LogP) is 4.10. The number of esters is 1. The Morgan fingerprint density at radius 1 is 1.03 bits per heavy atom. The fourth-order valence-corrected chi connectivity index (χ4v) is 9.51. The lowest BCUT2D eigenvalue weighted by molar-refractivity contribution is -0.165. The third kappa shape index (κ3) is 3.56. The maximum absolute atomic E-state index is 12.1. The van der Waals surface area contributed by atoms with E-state index in [0.717, 1.165) is 62.9 Å². The van der Waals surface area contributed by atoms with Crippen LogP contribution in [0.3, 0.4) is 0 Å². The topological polar surface area (TPSA) is 69.5 Å². The Labute approximate surface area is 204 Å². The van der Waals surface area contributed by atoms with Crippen LogP contribution < -0.4 is 0 Å². The average molecular weight is 471 g/mol. The summed E-state index contributed by atoms with van der Waals surface area (Å²) in [6.07, 6.45) is 13.6. The summed E-state index contributed by atoms with van der Waals surface area (Å²) < 4.78 is 13.7. The summed E-state index contributed by atoms with van der Waals surface area (Å²) in [5, 5.41) is 4.48. The van der Waals surface area contributed by atoms with Gasteiger partial charge in [0.1, 0.15) is 18.8 Å². The number of hydrogen-bond acceptors (Lipinski definition) is 6. The number of carbonyl (C=O) groups is 1. The minimum atomic E-state index is -0.170. The molecule has 0 amide bonds. The van der Waals surface area contributed by atoms with Crippen LogP contribution in [0, 0.1) is 34.5 Å². The van der Waals surface area contributed by atoms with E-state index < -0.39 is 0 Å². The van der Waals surface area contributed by atoms with E-state index in [2.05, 4.69) is 28.8 Å². The number of ether oxygens (including phenoxy) is 2. The molecule has 7 heteroatoms. The minimum absolute atomic E-state index is 0.0254.